The first-order valence-electron chi connectivity index (χ1n) is 3.30. The lowest BCUT2D eigenvalue weighted by Gasteiger charge is -2.14. The molecule has 0 aliphatic carbocycles. The molecule has 1 fully saturated rings. The Hall–Kier alpha value is -0.120. The molecule has 1 rings (SSSR count). The normalized spacial score (nSPS) is 37.7. The largest absolute Gasteiger partial charge is 0.395 e. The number of rotatable bonds is 1. The second-order valence-electron chi connectivity index (χ2n) is 2.77. The van der Waals surface area contributed by atoms with Crippen LogP contribution in [0.5, 0.6) is 0 Å². The number of hydrogen-bond acceptors (Lipinski definition) is 3. The molecule has 0 spiro atoms. The van der Waals surface area contributed by atoms with Gasteiger partial charge in [0.2, 0.25) is 0 Å². The topological polar surface area (TPSA) is 49.5 Å². The summed E-state index contributed by atoms with van der Waals surface area (Å²) in [5, 5.41) is 8.76. The quantitative estimate of drug-likeness (QED) is 0.479. The summed E-state index contributed by atoms with van der Waals surface area (Å²) < 4.78 is 0. The number of hydrogen-bond donors (Lipinski definition) is 2. The van der Waals surface area contributed by atoms with Crippen LogP contribution in [-0.2, 0) is 0 Å². The standard InChI is InChI=1S/C6H14N2O/c1-8-3-5(7)2-6(8)4-9/h5-6,9H,2-4,7H2,1H3/t5-,6+/m0/s1. The first-order valence-corrected chi connectivity index (χ1v) is 3.30. The summed E-state index contributed by atoms with van der Waals surface area (Å²) >= 11 is 0. The third-order valence-electron chi connectivity index (χ3n) is 1.93. The van der Waals surface area contributed by atoms with E-state index in [1.165, 1.54) is 0 Å². The lowest BCUT2D eigenvalue weighted by molar-refractivity contribution is 0.182. The Bertz CT molecular complexity index is 97.1. The number of aliphatic hydroxyl groups is 1. The van der Waals surface area contributed by atoms with Gasteiger partial charge >= 0.3 is 0 Å². The van der Waals surface area contributed by atoms with Crippen LogP contribution in [0.15, 0.2) is 0 Å². The highest BCUT2D eigenvalue weighted by Gasteiger charge is 2.25. The van der Waals surface area contributed by atoms with Crippen LogP contribution in [0.2, 0.25) is 0 Å². The molecule has 0 aromatic carbocycles. The molecule has 9 heavy (non-hydrogen) atoms. The van der Waals surface area contributed by atoms with Crippen molar-refractivity contribution < 1.29 is 5.11 Å². The zero-order valence-corrected chi connectivity index (χ0v) is 5.75. The SMILES string of the molecule is CN1C[C@@H](N)C[C@@H]1CO. The van der Waals surface area contributed by atoms with Gasteiger partial charge in [0.05, 0.1) is 6.61 Å². The molecule has 1 aliphatic heterocycles. The van der Waals surface area contributed by atoms with Crippen molar-refractivity contribution in [3.8, 4) is 0 Å². The zero-order valence-electron chi connectivity index (χ0n) is 5.75. The van der Waals surface area contributed by atoms with Crippen LogP contribution < -0.4 is 5.73 Å². The molecule has 2 atom stereocenters. The summed E-state index contributed by atoms with van der Waals surface area (Å²) in [6.45, 7) is 1.16. The van der Waals surface area contributed by atoms with Gasteiger partial charge in [-0.15, -0.1) is 0 Å². The van der Waals surface area contributed by atoms with Gasteiger partial charge in [0.25, 0.3) is 0 Å². The monoisotopic (exact) mass is 130 g/mol. The Morgan fingerprint density at radius 2 is 2.44 bits per heavy atom. The molecule has 1 heterocycles. The van der Waals surface area contributed by atoms with Gasteiger partial charge in [-0.05, 0) is 13.5 Å². The van der Waals surface area contributed by atoms with Crippen molar-refractivity contribution in [1.29, 1.82) is 0 Å². The van der Waals surface area contributed by atoms with Crippen LogP contribution >= 0.6 is 0 Å². The van der Waals surface area contributed by atoms with Crippen molar-refractivity contribution in [3.05, 3.63) is 0 Å². The highest BCUT2D eigenvalue weighted by molar-refractivity contribution is 4.84. The van der Waals surface area contributed by atoms with E-state index in [0.717, 1.165) is 13.0 Å². The molecule has 0 unspecified atom stereocenters. The molecule has 3 heteroatoms. The Kier molecular flexibility index (Phi) is 2.05. The van der Waals surface area contributed by atoms with Gasteiger partial charge in [-0.1, -0.05) is 0 Å². The maximum Gasteiger partial charge on any atom is 0.0587 e. The predicted molar refractivity (Wildman–Crippen MR) is 36.1 cm³/mol. The zero-order chi connectivity index (χ0) is 6.85. The van der Waals surface area contributed by atoms with E-state index in [0.29, 0.717) is 6.04 Å². The number of likely N-dealkylation sites (tertiary alicyclic amines) is 1. The summed E-state index contributed by atoms with van der Waals surface area (Å²) in [5.41, 5.74) is 5.64. The lowest BCUT2D eigenvalue weighted by Crippen LogP contribution is -2.28. The van der Waals surface area contributed by atoms with Gasteiger partial charge in [-0.3, -0.25) is 4.90 Å². The molecule has 0 amide bonds. The minimum atomic E-state index is 0.240. The van der Waals surface area contributed by atoms with Crippen LogP contribution in [0.25, 0.3) is 0 Å². The van der Waals surface area contributed by atoms with Crippen LogP contribution in [0, 0.1) is 0 Å². The fraction of sp³-hybridized carbons (Fsp3) is 1.00. The van der Waals surface area contributed by atoms with Crippen molar-refractivity contribution >= 4 is 0 Å². The molecule has 3 N–H and O–H groups in total. The van der Waals surface area contributed by atoms with Crippen LogP contribution in [0.4, 0.5) is 0 Å². The molecule has 0 bridgehead atoms. The maximum absolute atomic E-state index is 8.76. The lowest BCUT2D eigenvalue weighted by atomic mass is 10.2. The van der Waals surface area contributed by atoms with Crippen LogP contribution in [0.1, 0.15) is 6.42 Å². The van der Waals surface area contributed by atoms with Gasteiger partial charge in [-0.25, -0.2) is 0 Å². The summed E-state index contributed by atoms with van der Waals surface area (Å²) in [6, 6.07) is 0.576. The summed E-state index contributed by atoms with van der Waals surface area (Å²) in [7, 11) is 1.99. The van der Waals surface area contributed by atoms with Gasteiger partial charge in [0, 0.05) is 18.6 Å². The number of nitrogens with two attached hydrogens (primary N) is 1. The van der Waals surface area contributed by atoms with E-state index >= 15 is 0 Å². The molecule has 3 nitrogen and oxygen atoms in total. The molecular formula is C6H14N2O. The Labute approximate surface area is 55.5 Å². The molecule has 54 valence electrons. The molecule has 0 saturated carbocycles. The van der Waals surface area contributed by atoms with Crippen LogP contribution in [-0.4, -0.2) is 42.3 Å². The van der Waals surface area contributed by atoms with E-state index in [4.69, 9.17) is 10.8 Å². The summed E-state index contributed by atoms with van der Waals surface area (Å²) in [4.78, 5) is 2.10. The Morgan fingerprint density at radius 3 is 2.67 bits per heavy atom. The van der Waals surface area contributed by atoms with E-state index in [2.05, 4.69) is 4.90 Å². The number of aliphatic hydroxyl groups excluding tert-OH is 1. The highest BCUT2D eigenvalue weighted by Crippen LogP contribution is 2.12. The molecule has 0 aromatic heterocycles. The average Bonchev–Trinajstić information content (AvgIpc) is 2.10. The van der Waals surface area contributed by atoms with E-state index < -0.39 is 0 Å². The molecule has 1 aliphatic rings. The molecule has 1 saturated heterocycles. The first kappa shape index (κ1) is 6.99. The molecular weight excluding hydrogens is 116 g/mol. The van der Waals surface area contributed by atoms with Crippen molar-refractivity contribution in [2.75, 3.05) is 20.2 Å². The fourth-order valence-corrected chi connectivity index (χ4v) is 1.34. The van der Waals surface area contributed by atoms with Crippen molar-refractivity contribution in [3.63, 3.8) is 0 Å². The summed E-state index contributed by atoms with van der Waals surface area (Å²) in [6.07, 6.45) is 0.938. The second-order valence-corrected chi connectivity index (χ2v) is 2.77. The second kappa shape index (κ2) is 2.64. The average molecular weight is 130 g/mol. The minimum Gasteiger partial charge on any atom is -0.395 e. The van der Waals surface area contributed by atoms with Crippen molar-refractivity contribution in [2.45, 2.75) is 18.5 Å². The van der Waals surface area contributed by atoms with E-state index in [9.17, 15) is 0 Å². The van der Waals surface area contributed by atoms with Crippen molar-refractivity contribution in [1.82, 2.24) is 4.90 Å². The minimum absolute atomic E-state index is 0.240. The smallest absolute Gasteiger partial charge is 0.0587 e. The predicted octanol–water partition coefficient (Wildman–Crippen LogP) is -0.990. The Morgan fingerprint density at radius 1 is 1.78 bits per heavy atom. The van der Waals surface area contributed by atoms with Gasteiger partial charge in [0.1, 0.15) is 0 Å². The highest BCUT2D eigenvalue weighted by atomic mass is 16.3. The molecule has 0 aromatic rings. The molecule has 0 radical (unpaired) electrons. The van der Waals surface area contributed by atoms with Crippen LogP contribution in [0.3, 0.4) is 0 Å². The number of nitrogens with zero attached hydrogens (tertiary/aromatic N) is 1. The maximum atomic E-state index is 8.76. The van der Waals surface area contributed by atoms with Gasteiger partial charge < -0.3 is 10.8 Å². The Balaban J connectivity index is 2.38. The third-order valence-corrected chi connectivity index (χ3v) is 1.93. The first-order chi connectivity index (χ1) is 4.24. The summed E-state index contributed by atoms with van der Waals surface area (Å²) in [5.74, 6) is 0. The third kappa shape index (κ3) is 1.41. The van der Waals surface area contributed by atoms with E-state index in [1.807, 2.05) is 7.05 Å². The van der Waals surface area contributed by atoms with Gasteiger partial charge in [0.15, 0.2) is 0 Å². The van der Waals surface area contributed by atoms with E-state index in [-0.39, 0.29) is 12.6 Å². The van der Waals surface area contributed by atoms with E-state index in [1.54, 1.807) is 0 Å². The number of likely N-dealkylation sites (N-methyl/N-ethyl adjacent to an activating group) is 1. The fourth-order valence-electron chi connectivity index (χ4n) is 1.34. The van der Waals surface area contributed by atoms with Gasteiger partial charge in [-0.2, -0.15) is 0 Å². The van der Waals surface area contributed by atoms with Crippen molar-refractivity contribution in [2.24, 2.45) is 5.73 Å².